The van der Waals surface area contributed by atoms with Crippen molar-refractivity contribution in [1.82, 2.24) is 15.5 Å². The van der Waals surface area contributed by atoms with Crippen molar-refractivity contribution >= 4 is 11.9 Å². The topological polar surface area (TPSA) is 66.0 Å². The zero-order chi connectivity index (χ0) is 23.0. The van der Waals surface area contributed by atoms with Gasteiger partial charge in [-0.1, -0.05) is 42.5 Å². The maximum atomic E-state index is 13.0. The predicted molar refractivity (Wildman–Crippen MR) is 116 cm³/mol. The summed E-state index contributed by atoms with van der Waals surface area (Å²) in [5.41, 5.74) is 0.804. The third-order valence-corrected chi connectivity index (χ3v) is 5.13. The zero-order valence-electron chi connectivity index (χ0n) is 17.9. The molecule has 0 saturated carbocycles. The normalized spacial score (nSPS) is 17.2. The molecule has 0 spiro atoms. The molecule has 1 aliphatic heterocycles. The Balaban J connectivity index is 1.50. The number of amides is 1. The summed E-state index contributed by atoms with van der Waals surface area (Å²) in [7, 11) is 1.63. The van der Waals surface area contributed by atoms with E-state index >= 15 is 0 Å². The third-order valence-electron chi connectivity index (χ3n) is 5.13. The van der Waals surface area contributed by atoms with E-state index in [2.05, 4.69) is 15.6 Å². The van der Waals surface area contributed by atoms with Crippen LogP contribution in [0.3, 0.4) is 0 Å². The van der Waals surface area contributed by atoms with E-state index < -0.39 is 17.8 Å². The first-order valence-electron chi connectivity index (χ1n) is 10.4. The number of morpholine rings is 1. The lowest BCUT2D eigenvalue weighted by Gasteiger charge is -2.35. The highest BCUT2D eigenvalue weighted by Gasteiger charge is 2.32. The SMILES string of the molecule is CN=C(NCCC(=O)NCc1ccccc1)N1CCOC(c2cccc(C(F)(F)F)c2)C1. The van der Waals surface area contributed by atoms with Crippen molar-refractivity contribution in [2.24, 2.45) is 4.99 Å². The van der Waals surface area contributed by atoms with Crippen LogP contribution in [0.5, 0.6) is 0 Å². The number of hydrogen-bond acceptors (Lipinski definition) is 3. The summed E-state index contributed by atoms with van der Waals surface area (Å²) < 4.78 is 44.8. The number of carbonyl (C=O) groups is 1. The van der Waals surface area contributed by atoms with E-state index in [-0.39, 0.29) is 12.3 Å². The van der Waals surface area contributed by atoms with Crippen molar-refractivity contribution < 1.29 is 22.7 Å². The number of alkyl halides is 3. The molecule has 2 aromatic rings. The Morgan fingerprint density at radius 2 is 1.94 bits per heavy atom. The molecule has 1 saturated heterocycles. The van der Waals surface area contributed by atoms with Gasteiger partial charge in [0, 0.05) is 33.1 Å². The summed E-state index contributed by atoms with van der Waals surface area (Å²) in [6.07, 6.45) is -4.63. The molecule has 1 atom stereocenters. The molecule has 2 aromatic carbocycles. The maximum absolute atomic E-state index is 13.0. The second kappa shape index (κ2) is 11.0. The highest BCUT2D eigenvalue weighted by molar-refractivity contribution is 5.81. The van der Waals surface area contributed by atoms with Gasteiger partial charge in [-0.3, -0.25) is 9.79 Å². The van der Waals surface area contributed by atoms with Gasteiger partial charge < -0.3 is 20.3 Å². The monoisotopic (exact) mass is 448 g/mol. The minimum Gasteiger partial charge on any atom is -0.370 e. The summed E-state index contributed by atoms with van der Waals surface area (Å²) in [5.74, 6) is 0.502. The van der Waals surface area contributed by atoms with Crippen LogP contribution in [0.4, 0.5) is 13.2 Å². The van der Waals surface area contributed by atoms with E-state index in [1.165, 1.54) is 6.07 Å². The van der Waals surface area contributed by atoms with E-state index in [0.717, 1.165) is 17.7 Å². The van der Waals surface area contributed by atoms with E-state index in [4.69, 9.17) is 4.74 Å². The summed E-state index contributed by atoms with van der Waals surface area (Å²) in [6, 6.07) is 14.8. The molecule has 9 heteroatoms. The summed E-state index contributed by atoms with van der Waals surface area (Å²) in [4.78, 5) is 18.3. The van der Waals surface area contributed by atoms with Crippen molar-refractivity contribution in [3.05, 3.63) is 71.3 Å². The van der Waals surface area contributed by atoms with Crippen molar-refractivity contribution in [3.8, 4) is 0 Å². The van der Waals surface area contributed by atoms with Crippen LogP contribution in [0.2, 0.25) is 0 Å². The van der Waals surface area contributed by atoms with Crippen LogP contribution in [-0.2, 0) is 22.3 Å². The highest BCUT2D eigenvalue weighted by Crippen LogP contribution is 2.32. The molecule has 1 heterocycles. The highest BCUT2D eigenvalue weighted by atomic mass is 19.4. The summed E-state index contributed by atoms with van der Waals surface area (Å²) in [6.45, 7) is 2.13. The molecule has 0 bridgehead atoms. The number of benzene rings is 2. The fourth-order valence-electron chi connectivity index (χ4n) is 3.46. The van der Waals surface area contributed by atoms with E-state index in [1.807, 2.05) is 35.2 Å². The Kier molecular flexibility index (Phi) is 8.10. The third kappa shape index (κ3) is 6.71. The van der Waals surface area contributed by atoms with Gasteiger partial charge in [-0.05, 0) is 23.3 Å². The number of nitrogens with one attached hydrogen (secondary N) is 2. The molecule has 172 valence electrons. The first-order valence-corrected chi connectivity index (χ1v) is 10.4. The fraction of sp³-hybridized carbons (Fsp3) is 0.391. The number of rotatable bonds is 6. The van der Waals surface area contributed by atoms with Gasteiger partial charge in [0.25, 0.3) is 0 Å². The van der Waals surface area contributed by atoms with Crippen molar-refractivity contribution in [2.45, 2.75) is 25.2 Å². The summed E-state index contributed by atoms with van der Waals surface area (Å²) >= 11 is 0. The van der Waals surface area contributed by atoms with E-state index in [9.17, 15) is 18.0 Å². The first-order chi connectivity index (χ1) is 15.4. The standard InChI is InChI=1S/C23H27F3N4O2/c1-27-22(28-11-10-21(31)29-15-17-6-3-2-4-7-17)30-12-13-32-20(16-30)18-8-5-9-19(14-18)23(24,25)26/h2-9,14,20H,10-13,15-16H2,1H3,(H,27,28)(H,29,31). The lowest BCUT2D eigenvalue weighted by Crippen LogP contribution is -2.48. The predicted octanol–water partition coefficient (Wildman–Crippen LogP) is 3.36. The Morgan fingerprint density at radius 3 is 2.66 bits per heavy atom. The second-order valence-corrected chi connectivity index (χ2v) is 7.41. The molecule has 0 aromatic heterocycles. The van der Waals surface area contributed by atoms with Gasteiger partial charge in [0.15, 0.2) is 5.96 Å². The molecule has 1 unspecified atom stereocenters. The smallest absolute Gasteiger partial charge is 0.370 e. The van der Waals surface area contributed by atoms with Crippen molar-refractivity contribution in [1.29, 1.82) is 0 Å². The molecule has 6 nitrogen and oxygen atoms in total. The van der Waals surface area contributed by atoms with Crippen LogP contribution in [0, 0.1) is 0 Å². The minimum atomic E-state index is -4.40. The fourth-order valence-corrected chi connectivity index (χ4v) is 3.46. The summed E-state index contributed by atoms with van der Waals surface area (Å²) in [5, 5.41) is 6.03. The van der Waals surface area contributed by atoms with Gasteiger partial charge in [0.1, 0.15) is 6.10 Å². The molecule has 32 heavy (non-hydrogen) atoms. The van der Waals surface area contributed by atoms with E-state index in [0.29, 0.717) is 44.3 Å². The molecule has 3 rings (SSSR count). The van der Waals surface area contributed by atoms with Gasteiger partial charge in [-0.15, -0.1) is 0 Å². The molecule has 1 amide bonds. The van der Waals surface area contributed by atoms with Crippen LogP contribution >= 0.6 is 0 Å². The maximum Gasteiger partial charge on any atom is 0.416 e. The average molecular weight is 448 g/mol. The number of aliphatic imine (C=N–C) groups is 1. The number of halogens is 3. The molecule has 1 aliphatic rings. The Labute approximate surface area is 185 Å². The quantitative estimate of drug-likeness (QED) is 0.526. The molecule has 2 N–H and O–H groups in total. The number of guanidine groups is 1. The Hall–Kier alpha value is -3.07. The molecule has 0 aliphatic carbocycles. The Bertz CT molecular complexity index is 919. The Morgan fingerprint density at radius 1 is 1.16 bits per heavy atom. The van der Waals surface area contributed by atoms with Crippen LogP contribution in [0.1, 0.15) is 29.2 Å². The van der Waals surface area contributed by atoms with Gasteiger partial charge in [-0.2, -0.15) is 13.2 Å². The molecule has 0 radical (unpaired) electrons. The number of ether oxygens (including phenoxy) is 1. The lowest BCUT2D eigenvalue weighted by molar-refractivity contribution is -0.137. The average Bonchev–Trinajstić information content (AvgIpc) is 2.81. The molecular formula is C23H27F3N4O2. The van der Waals surface area contributed by atoms with Crippen LogP contribution in [-0.4, -0.2) is 50.1 Å². The van der Waals surface area contributed by atoms with Crippen molar-refractivity contribution in [2.75, 3.05) is 33.3 Å². The van der Waals surface area contributed by atoms with Gasteiger partial charge >= 0.3 is 6.18 Å². The number of hydrogen-bond donors (Lipinski definition) is 2. The first kappa shape index (κ1) is 23.6. The van der Waals surface area contributed by atoms with Crippen molar-refractivity contribution in [3.63, 3.8) is 0 Å². The number of nitrogens with zero attached hydrogens (tertiary/aromatic N) is 2. The molecule has 1 fully saturated rings. The van der Waals surface area contributed by atoms with Crippen LogP contribution in [0.25, 0.3) is 0 Å². The largest absolute Gasteiger partial charge is 0.416 e. The molecular weight excluding hydrogens is 421 g/mol. The van der Waals surface area contributed by atoms with Gasteiger partial charge in [-0.25, -0.2) is 0 Å². The zero-order valence-corrected chi connectivity index (χ0v) is 17.9. The van der Waals surface area contributed by atoms with E-state index in [1.54, 1.807) is 13.1 Å². The minimum absolute atomic E-state index is 0.0828. The second-order valence-electron chi connectivity index (χ2n) is 7.41. The lowest BCUT2D eigenvalue weighted by atomic mass is 10.0. The van der Waals surface area contributed by atoms with Gasteiger partial charge in [0.2, 0.25) is 5.91 Å². The van der Waals surface area contributed by atoms with Gasteiger partial charge in [0.05, 0.1) is 18.7 Å². The van der Waals surface area contributed by atoms with Crippen LogP contribution in [0.15, 0.2) is 59.6 Å². The van der Waals surface area contributed by atoms with Crippen LogP contribution < -0.4 is 10.6 Å². The number of carbonyl (C=O) groups excluding carboxylic acids is 1.